The van der Waals surface area contributed by atoms with Gasteiger partial charge in [0.05, 0.1) is 28.8 Å². The molecule has 0 aliphatic heterocycles. The number of nitriles is 1. The van der Waals surface area contributed by atoms with Gasteiger partial charge in [-0.1, -0.05) is 6.07 Å². The van der Waals surface area contributed by atoms with E-state index in [0.717, 1.165) is 34.3 Å². The molecule has 1 atom stereocenters. The fourth-order valence-electron chi connectivity index (χ4n) is 4.00. The zero-order valence-corrected chi connectivity index (χ0v) is 22.3. The molecule has 1 N–H and O–H groups in total. The second-order valence-electron chi connectivity index (χ2n) is 8.79. The van der Waals surface area contributed by atoms with Gasteiger partial charge in [0.1, 0.15) is 23.3 Å². The highest BCUT2D eigenvalue weighted by Gasteiger charge is 2.37. The average Bonchev–Trinajstić information content (AvgIpc) is 3.35. The Labute approximate surface area is 228 Å². The zero-order valence-electron chi connectivity index (χ0n) is 20.6. The van der Waals surface area contributed by atoms with E-state index in [4.69, 9.17) is 0 Å². The zero-order chi connectivity index (χ0) is 29.6. The van der Waals surface area contributed by atoms with Crippen LogP contribution in [0.25, 0.3) is 21.0 Å². The first-order valence-corrected chi connectivity index (χ1v) is 14.0. The van der Waals surface area contributed by atoms with E-state index in [1.54, 1.807) is 0 Å². The molecule has 4 aromatic rings. The van der Waals surface area contributed by atoms with E-state index in [1.807, 2.05) is 0 Å². The van der Waals surface area contributed by atoms with E-state index >= 15 is 0 Å². The Bertz CT molecular complexity index is 1840. The van der Waals surface area contributed by atoms with E-state index in [9.17, 15) is 45.5 Å². The minimum absolute atomic E-state index is 0.0105. The highest BCUT2D eigenvalue weighted by atomic mass is 32.2. The van der Waals surface area contributed by atoms with Gasteiger partial charge in [0.25, 0.3) is 5.56 Å². The summed E-state index contributed by atoms with van der Waals surface area (Å²) >= 11 is 0.911. The quantitative estimate of drug-likeness (QED) is 0.302. The Kier molecular flexibility index (Phi) is 7.68. The Balaban J connectivity index is 1.93. The average molecular weight is 596 g/mol. The van der Waals surface area contributed by atoms with Gasteiger partial charge in [-0.2, -0.15) is 18.4 Å². The highest BCUT2D eigenvalue weighted by Crippen LogP contribution is 2.39. The van der Waals surface area contributed by atoms with Crippen LogP contribution < -0.4 is 5.56 Å². The summed E-state index contributed by atoms with van der Waals surface area (Å²) in [6.45, 7) is 0.745. The van der Waals surface area contributed by atoms with Crippen molar-refractivity contribution in [3.8, 4) is 27.1 Å². The summed E-state index contributed by atoms with van der Waals surface area (Å²) in [5.41, 5.74) is -4.12. The van der Waals surface area contributed by atoms with Crippen LogP contribution in [0.3, 0.4) is 0 Å². The fourth-order valence-corrected chi connectivity index (χ4v) is 5.92. The van der Waals surface area contributed by atoms with Crippen molar-refractivity contribution in [3.63, 3.8) is 0 Å². The van der Waals surface area contributed by atoms with Crippen molar-refractivity contribution in [2.24, 2.45) is 0 Å². The number of benzene rings is 1. The number of pyridine rings is 2. The van der Waals surface area contributed by atoms with Gasteiger partial charge in [0.15, 0.2) is 14.9 Å². The molecule has 208 valence electrons. The minimum atomic E-state index is -5.06. The van der Waals surface area contributed by atoms with E-state index in [1.165, 1.54) is 37.4 Å². The summed E-state index contributed by atoms with van der Waals surface area (Å²) in [6, 6.07) is 8.68. The summed E-state index contributed by atoms with van der Waals surface area (Å²) in [4.78, 5) is 17.6. The van der Waals surface area contributed by atoms with Crippen LogP contribution in [0.5, 0.6) is 0 Å². The van der Waals surface area contributed by atoms with Gasteiger partial charge < -0.3 is 9.67 Å². The Morgan fingerprint density at radius 1 is 1.12 bits per heavy atom. The summed E-state index contributed by atoms with van der Waals surface area (Å²) in [5.74, 6) is -1.93. The van der Waals surface area contributed by atoms with Gasteiger partial charge in [-0.3, -0.25) is 4.79 Å². The third kappa shape index (κ3) is 5.67. The lowest BCUT2D eigenvalue weighted by Crippen LogP contribution is -2.28. The van der Waals surface area contributed by atoms with Crippen molar-refractivity contribution in [2.75, 3.05) is 6.26 Å². The van der Waals surface area contributed by atoms with Crippen LogP contribution in [0, 0.1) is 23.0 Å². The normalized spacial score (nSPS) is 12.8. The smallest absolute Gasteiger partial charge is 0.389 e. The number of aliphatic hydroxyl groups excluding tert-OH is 1. The fraction of sp³-hybridized carbons (Fsp3) is 0.192. The Hall–Kier alpha value is -3.93. The molecule has 3 aromatic heterocycles. The molecule has 0 saturated carbocycles. The largest absolute Gasteiger partial charge is 0.417 e. The SMILES string of the molecule is CC(O)c1cc(-c2ccc(-c3cc(C(F)(F)F)c(C#N)c(=O)n3Cc3ccc(F)cc3F)s2)cnc1S(C)(=O)=O. The summed E-state index contributed by atoms with van der Waals surface area (Å²) in [5, 5.41) is 19.1. The monoisotopic (exact) mass is 595 g/mol. The number of thiophene rings is 1. The molecule has 14 heteroatoms. The van der Waals surface area contributed by atoms with Crippen molar-refractivity contribution >= 4 is 21.2 Å². The van der Waals surface area contributed by atoms with Gasteiger partial charge in [0.2, 0.25) is 0 Å². The van der Waals surface area contributed by atoms with Crippen molar-refractivity contribution < 1.29 is 35.5 Å². The summed E-state index contributed by atoms with van der Waals surface area (Å²) in [6.07, 6.45) is -4.12. The number of aromatic nitrogens is 2. The van der Waals surface area contributed by atoms with Crippen LogP contribution in [0.1, 0.15) is 35.3 Å². The first kappa shape index (κ1) is 29.1. The summed E-state index contributed by atoms with van der Waals surface area (Å²) in [7, 11) is -3.78. The van der Waals surface area contributed by atoms with E-state index < -0.39 is 57.0 Å². The van der Waals surface area contributed by atoms with Crippen LogP contribution in [-0.4, -0.2) is 29.3 Å². The van der Waals surface area contributed by atoms with Crippen LogP contribution in [0.2, 0.25) is 0 Å². The predicted octanol–water partition coefficient (Wildman–Crippen LogP) is 5.31. The predicted molar refractivity (Wildman–Crippen MR) is 136 cm³/mol. The van der Waals surface area contributed by atoms with E-state index in [0.29, 0.717) is 22.6 Å². The Morgan fingerprint density at radius 3 is 2.38 bits per heavy atom. The molecule has 1 aromatic carbocycles. The maximum Gasteiger partial charge on any atom is 0.417 e. The minimum Gasteiger partial charge on any atom is -0.389 e. The van der Waals surface area contributed by atoms with Gasteiger partial charge in [-0.15, -0.1) is 11.3 Å². The third-order valence-electron chi connectivity index (χ3n) is 5.88. The molecule has 0 spiro atoms. The molecule has 40 heavy (non-hydrogen) atoms. The second kappa shape index (κ2) is 10.6. The third-order valence-corrected chi connectivity index (χ3v) is 8.08. The van der Waals surface area contributed by atoms with E-state index in [-0.39, 0.29) is 26.7 Å². The lowest BCUT2D eigenvalue weighted by atomic mass is 10.1. The number of hydrogen-bond donors (Lipinski definition) is 1. The lowest BCUT2D eigenvalue weighted by Gasteiger charge is -2.17. The first-order chi connectivity index (χ1) is 18.6. The number of aliphatic hydroxyl groups is 1. The summed E-state index contributed by atoms with van der Waals surface area (Å²) < 4.78 is 94.2. The molecular weight excluding hydrogens is 577 g/mol. The standard InChI is InChI=1S/C26H18F5N3O4S2/c1-13(35)17-7-15(11-33-24(17)40(2,37)38)22-5-6-23(39-22)21-9-19(26(29,30)31)18(10-32)25(36)34(21)12-14-3-4-16(27)8-20(14)28/h3-9,11,13,35H,12H2,1-2H3. The molecule has 0 amide bonds. The molecular formula is C26H18F5N3O4S2. The molecule has 0 saturated heterocycles. The molecule has 0 aliphatic carbocycles. The van der Waals surface area contributed by atoms with Gasteiger partial charge in [-0.05, 0) is 37.3 Å². The number of halogens is 5. The maximum absolute atomic E-state index is 14.4. The van der Waals surface area contributed by atoms with E-state index in [2.05, 4.69) is 4.98 Å². The number of alkyl halides is 3. The van der Waals surface area contributed by atoms with Crippen LogP contribution >= 0.6 is 11.3 Å². The highest BCUT2D eigenvalue weighted by molar-refractivity contribution is 7.90. The molecule has 3 heterocycles. The number of sulfone groups is 1. The van der Waals surface area contributed by atoms with Gasteiger partial charge in [-0.25, -0.2) is 22.2 Å². The van der Waals surface area contributed by atoms with Gasteiger partial charge >= 0.3 is 6.18 Å². The van der Waals surface area contributed by atoms with Crippen LogP contribution in [-0.2, 0) is 22.6 Å². The molecule has 1 unspecified atom stereocenters. The topological polar surface area (TPSA) is 113 Å². The maximum atomic E-state index is 14.4. The van der Waals surface area contributed by atoms with Crippen molar-refractivity contribution in [3.05, 3.63) is 92.9 Å². The molecule has 0 radical (unpaired) electrons. The number of rotatable bonds is 6. The second-order valence-corrected chi connectivity index (χ2v) is 11.8. The molecule has 7 nitrogen and oxygen atoms in total. The number of hydrogen-bond acceptors (Lipinski definition) is 7. The Morgan fingerprint density at radius 2 is 1.80 bits per heavy atom. The molecule has 4 rings (SSSR count). The molecule has 0 fully saturated rings. The van der Waals surface area contributed by atoms with Gasteiger partial charge in [0, 0.05) is 40.1 Å². The lowest BCUT2D eigenvalue weighted by molar-refractivity contribution is -0.137. The number of nitrogens with zero attached hydrogens (tertiary/aromatic N) is 3. The first-order valence-electron chi connectivity index (χ1n) is 11.3. The van der Waals surface area contributed by atoms with Crippen molar-refractivity contribution in [1.29, 1.82) is 5.26 Å². The van der Waals surface area contributed by atoms with Crippen LogP contribution in [0.15, 0.2) is 58.5 Å². The molecule has 0 aliphatic rings. The van der Waals surface area contributed by atoms with Crippen LogP contribution in [0.4, 0.5) is 22.0 Å². The van der Waals surface area contributed by atoms with Crippen molar-refractivity contribution in [1.82, 2.24) is 9.55 Å². The molecule has 0 bridgehead atoms. The van der Waals surface area contributed by atoms with Crippen molar-refractivity contribution in [2.45, 2.75) is 30.8 Å².